The first-order valence-corrected chi connectivity index (χ1v) is 7.20. The number of aliphatic imine (C=N–C) groups is 1. The molecule has 18 heavy (non-hydrogen) atoms. The van der Waals surface area contributed by atoms with Gasteiger partial charge in [0.2, 0.25) is 11.0 Å². The van der Waals surface area contributed by atoms with Crippen LogP contribution in [0.5, 0.6) is 0 Å². The highest BCUT2D eigenvalue weighted by atomic mass is 32.2. The number of aliphatic hydroxyl groups is 1. The highest BCUT2D eigenvalue weighted by Crippen LogP contribution is 2.31. The summed E-state index contributed by atoms with van der Waals surface area (Å²) in [5.74, 6) is -0.0238. The summed E-state index contributed by atoms with van der Waals surface area (Å²) in [6.45, 7) is 4.07. The zero-order valence-electron chi connectivity index (χ0n) is 9.65. The van der Waals surface area contributed by atoms with Crippen molar-refractivity contribution < 1.29 is 9.90 Å². The van der Waals surface area contributed by atoms with Gasteiger partial charge >= 0.3 is 0 Å². The molecule has 2 heterocycles. The summed E-state index contributed by atoms with van der Waals surface area (Å²) in [4.78, 5) is 22.1. The molecule has 96 valence electrons. The van der Waals surface area contributed by atoms with Crippen LogP contribution in [0, 0.1) is 0 Å². The third-order valence-electron chi connectivity index (χ3n) is 2.33. The van der Waals surface area contributed by atoms with Gasteiger partial charge in [0.05, 0.1) is 5.25 Å². The Hall–Kier alpha value is -1.18. The molecule has 1 aromatic rings. The van der Waals surface area contributed by atoms with Crippen molar-refractivity contribution in [3.63, 3.8) is 0 Å². The van der Waals surface area contributed by atoms with E-state index in [0.29, 0.717) is 23.3 Å². The Bertz CT molecular complexity index is 459. The quantitative estimate of drug-likeness (QED) is 0.834. The van der Waals surface area contributed by atoms with Crippen LogP contribution in [0.3, 0.4) is 0 Å². The second kappa shape index (κ2) is 6.12. The second-order valence-corrected chi connectivity index (χ2v) is 5.61. The molecule has 0 aliphatic carbocycles. The van der Waals surface area contributed by atoms with Gasteiger partial charge in [-0.05, 0) is 6.42 Å². The van der Waals surface area contributed by atoms with Crippen molar-refractivity contribution in [2.75, 3.05) is 13.2 Å². The maximum absolute atomic E-state index is 12.1. The number of carbonyl (C=O) groups excluding carboxylic acids is 1. The van der Waals surface area contributed by atoms with E-state index in [9.17, 15) is 4.79 Å². The van der Waals surface area contributed by atoms with Crippen LogP contribution in [0.25, 0.3) is 0 Å². The molecule has 0 saturated carbocycles. The molecule has 5 nitrogen and oxygen atoms in total. The lowest BCUT2D eigenvalue weighted by Crippen LogP contribution is -2.32. The third kappa shape index (κ3) is 2.80. The topological polar surface area (TPSA) is 65.8 Å². The van der Waals surface area contributed by atoms with Gasteiger partial charge in [-0.3, -0.25) is 9.69 Å². The lowest BCUT2D eigenvalue weighted by atomic mass is 10.3. The molecule has 2 rings (SSSR count). The predicted molar refractivity (Wildman–Crippen MR) is 74.2 cm³/mol. The second-order valence-electron chi connectivity index (χ2n) is 3.57. The number of aromatic nitrogens is 1. The van der Waals surface area contributed by atoms with Crippen LogP contribution in [0.1, 0.15) is 6.42 Å². The number of amides is 1. The van der Waals surface area contributed by atoms with Gasteiger partial charge in [-0.2, -0.15) is 4.99 Å². The van der Waals surface area contributed by atoms with Crippen molar-refractivity contribution in [3.8, 4) is 0 Å². The number of thiazole rings is 1. The Morgan fingerprint density at radius 2 is 2.50 bits per heavy atom. The first kappa shape index (κ1) is 13.3. The maximum Gasteiger partial charge on any atom is 0.242 e. The Labute approximate surface area is 113 Å². The van der Waals surface area contributed by atoms with Gasteiger partial charge in [0.15, 0.2) is 5.17 Å². The van der Waals surface area contributed by atoms with E-state index in [-0.39, 0.29) is 17.8 Å². The molecule has 0 aromatic carbocycles. The first-order chi connectivity index (χ1) is 8.76. The Morgan fingerprint density at radius 3 is 3.11 bits per heavy atom. The minimum Gasteiger partial charge on any atom is -0.396 e. The van der Waals surface area contributed by atoms with Crippen LogP contribution in [0.15, 0.2) is 29.2 Å². The third-order valence-corrected chi connectivity index (χ3v) is 4.24. The van der Waals surface area contributed by atoms with Gasteiger partial charge in [-0.15, -0.1) is 17.9 Å². The molecule has 1 aliphatic heterocycles. The van der Waals surface area contributed by atoms with Gasteiger partial charge in [-0.1, -0.05) is 17.8 Å². The molecule has 1 amide bonds. The van der Waals surface area contributed by atoms with Crippen molar-refractivity contribution in [2.45, 2.75) is 11.7 Å². The number of thioether (sulfide) groups is 1. The van der Waals surface area contributed by atoms with Crippen molar-refractivity contribution in [1.82, 2.24) is 9.88 Å². The van der Waals surface area contributed by atoms with Crippen molar-refractivity contribution in [3.05, 3.63) is 24.2 Å². The van der Waals surface area contributed by atoms with Gasteiger partial charge in [0, 0.05) is 24.7 Å². The number of hydrogen-bond acceptors (Lipinski definition) is 6. The van der Waals surface area contributed by atoms with Crippen molar-refractivity contribution >= 4 is 39.3 Å². The van der Waals surface area contributed by atoms with E-state index in [4.69, 9.17) is 5.11 Å². The minimum atomic E-state index is -0.256. The Morgan fingerprint density at radius 1 is 1.67 bits per heavy atom. The van der Waals surface area contributed by atoms with E-state index in [2.05, 4.69) is 16.6 Å². The molecular weight excluding hydrogens is 270 g/mol. The lowest BCUT2D eigenvalue weighted by Gasteiger charge is -2.12. The number of nitrogens with zero attached hydrogens (tertiary/aromatic N) is 3. The summed E-state index contributed by atoms with van der Waals surface area (Å²) in [5, 5.41) is 11.8. The van der Waals surface area contributed by atoms with Crippen molar-refractivity contribution in [2.24, 2.45) is 4.99 Å². The molecule has 1 aliphatic rings. The first-order valence-electron chi connectivity index (χ1n) is 5.44. The van der Waals surface area contributed by atoms with Gasteiger partial charge in [0.1, 0.15) is 0 Å². The Balaban J connectivity index is 2.22. The van der Waals surface area contributed by atoms with E-state index in [1.165, 1.54) is 23.1 Å². The molecule has 0 radical (unpaired) electrons. The summed E-state index contributed by atoms with van der Waals surface area (Å²) in [6.07, 6.45) is 3.78. The van der Waals surface area contributed by atoms with Crippen LogP contribution in [0.2, 0.25) is 0 Å². The van der Waals surface area contributed by atoms with Crippen LogP contribution in [0.4, 0.5) is 5.13 Å². The number of rotatable bonds is 5. The van der Waals surface area contributed by atoms with Crippen LogP contribution in [-0.4, -0.2) is 44.5 Å². The molecular formula is C11H13N3O2S2. The summed E-state index contributed by atoms with van der Waals surface area (Å²) in [5.41, 5.74) is 0. The zero-order valence-corrected chi connectivity index (χ0v) is 11.3. The summed E-state index contributed by atoms with van der Waals surface area (Å²) in [7, 11) is 0. The van der Waals surface area contributed by atoms with Gasteiger partial charge in [-0.25, -0.2) is 4.98 Å². The monoisotopic (exact) mass is 283 g/mol. The lowest BCUT2D eigenvalue weighted by molar-refractivity contribution is -0.126. The molecule has 1 unspecified atom stereocenters. The van der Waals surface area contributed by atoms with Crippen LogP contribution < -0.4 is 0 Å². The molecule has 1 fully saturated rings. The van der Waals surface area contributed by atoms with Crippen LogP contribution in [-0.2, 0) is 4.79 Å². The fourth-order valence-corrected chi connectivity index (χ4v) is 3.24. The summed E-state index contributed by atoms with van der Waals surface area (Å²) >= 11 is 2.80. The van der Waals surface area contributed by atoms with E-state index in [1.807, 2.05) is 5.38 Å². The van der Waals surface area contributed by atoms with E-state index in [1.54, 1.807) is 17.2 Å². The van der Waals surface area contributed by atoms with E-state index in [0.717, 1.165) is 0 Å². The highest BCUT2D eigenvalue weighted by molar-refractivity contribution is 8.15. The smallest absolute Gasteiger partial charge is 0.242 e. The summed E-state index contributed by atoms with van der Waals surface area (Å²) in [6, 6.07) is 0. The zero-order chi connectivity index (χ0) is 13.0. The molecule has 1 N–H and O–H groups in total. The van der Waals surface area contributed by atoms with Crippen LogP contribution >= 0.6 is 23.1 Å². The fourth-order valence-electron chi connectivity index (χ4n) is 1.55. The highest BCUT2D eigenvalue weighted by Gasteiger charge is 2.36. The van der Waals surface area contributed by atoms with E-state index >= 15 is 0 Å². The summed E-state index contributed by atoms with van der Waals surface area (Å²) < 4.78 is 0. The largest absolute Gasteiger partial charge is 0.396 e. The average Bonchev–Trinajstić information content (AvgIpc) is 2.95. The van der Waals surface area contributed by atoms with E-state index < -0.39 is 0 Å². The molecule has 0 spiro atoms. The maximum atomic E-state index is 12.1. The fraction of sp³-hybridized carbons (Fsp3) is 0.364. The molecule has 7 heteroatoms. The average molecular weight is 283 g/mol. The normalized spacial score (nSPS) is 21.8. The number of amidine groups is 1. The predicted octanol–water partition coefficient (Wildman–Crippen LogP) is 1.64. The number of aliphatic hydroxyl groups excluding tert-OH is 1. The molecule has 1 aromatic heterocycles. The minimum absolute atomic E-state index is 0.00410. The molecule has 0 bridgehead atoms. The van der Waals surface area contributed by atoms with Gasteiger partial charge < -0.3 is 5.11 Å². The molecule has 1 atom stereocenters. The number of carbonyl (C=O) groups is 1. The van der Waals surface area contributed by atoms with Gasteiger partial charge in [0.25, 0.3) is 0 Å². The van der Waals surface area contributed by atoms with Crippen molar-refractivity contribution in [1.29, 1.82) is 0 Å². The SMILES string of the molecule is C=CCN1C(=O)C(CCO)S/C1=N/c1nccs1. The number of hydrogen-bond donors (Lipinski definition) is 1. The standard InChI is InChI=1S/C11H13N3O2S2/c1-2-5-14-9(16)8(3-6-15)18-11(14)13-10-12-4-7-17-10/h2,4,7-8,15H,1,3,5-6H2/b13-11+. The Kier molecular flexibility index (Phi) is 4.51. The molecule has 1 saturated heterocycles.